The minimum atomic E-state index is 1.28. The molecule has 0 aliphatic rings. The van der Waals surface area contributed by atoms with E-state index in [1.165, 1.54) is 59.1 Å². The Labute approximate surface area is 266 Å². The molecule has 0 aliphatic heterocycles. The molecule has 3 heteroatoms. The van der Waals surface area contributed by atoms with Gasteiger partial charge >= 0.3 is 0 Å². The summed E-state index contributed by atoms with van der Waals surface area (Å²) in [6, 6.07) is 53.3. The number of hydrogen-bond donors (Lipinski definition) is 2. The average molecular weight is 593 g/mol. The van der Waals surface area contributed by atoms with Crippen molar-refractivity contribution in [1.29, 1.82) is 10.8 Å². The third-order valence-electron chi connectivity index (χ3n) is 6.83. The molecule has 1 heterocycles. The number of aryl methyl sites for hydroxylation is 3. The molecule has 7 aromatic rings. The molecular formula is C41H40N2S. The fraction of sp³-hybridized carbons (Fsp3) is 0.0732. The zero-order chi connectivity index (χ0) is 31.7. The second kappa shape index (κ2) is 17.7. The van der Waals surface area contributed by atoms with Gasteiger partial charge in [-0.25, -0.2) is 0 Å². The van der Waals surface area contributed by atoms with Gasteiger partial charge in [0.2, 0.25) is 0 Å². The molecule has 0 aliphatic carbocycles. The first-order valence-corrected chi connectivity index (χ1v) is 15.2. The van der Waals surface area contributed by atoms with Gasteiger partial charge in [0.1, 0.15) is 0 Å². The zero-order valence-electron chi connectivity index (χ0n) is 25.8. The first-order chi connectivity index (χ1) is 21.6. The first-order valence-electron chi connectivity index (χ1n) is 14.4. The largest absolute Gasteiger partial charge is 0.317 e. The Hall–Kier alpha value is -5.12. The highest BCUT2D eigenvalue weighted by Crippen LogP contribution is 2.39. The van der Waals surface area contributed by atoms with Crippen molar-refractivity contribution in [1.82, 2.24) is 0 Å². The summed E-state index contributed by atoms with van der Waals surface area (Å²) in [5, 5.41) is 13.8. The highest BCUT2D eigenvalue weighted by molar-refractivity contribution is 7.25. The fourth-order valence-electron chi connectivity index (χ4n) is 4.74. The minimum Gasteiger partial charge on any atom is -0.317 e. The molecule has 0 amide bonds. The van der Waals surface area contributed by atoms with Gasteiger partial charge in [-0.3, -0.25) is 0 Å². The fourth-order valence-corrected chi connectivity index (χ4v) is 5.87. The Morgan fingerprint density at radius 3 is 1.50 bits per heavy atom. The summed E-state index contributed by atoms with van der Waals surface area (Å²) in [4.78, 5) is 0. The van der Waals surface area contributed by atoms with Crippen molar-refractivity contribution in [3.63, 3.8) is 0 Å². The van der Waals surface area contributed by atoms with Gasteiger partial charge in [-0.2, -0.15) is 0 Å². The predicted octanol–water partition coefficient (Wildman–Crippen LogP) is 12.2. The maximum absolute atomic E-state index is 5.50. The Bertz CT molecular complexity index is 1840. The smallest absolute Gasteiger partial charge is 0.0361 e. The van der Waals surface area contributed by atoms with E-state index in [9.17, 15) is 0 Å². The maximum atomic E-state index is 5.50. The zero-order valence-corrected chi connectivity index (χ0v) is 26.6. The molecule has 7 rings (SSSR count). The second-order valence-electron chi connectivity index (χ2n) is 10.0. The van der Waals surface area contributed by atoms with Gasteiger partial charge in [0.25, 0.3) is 0 Å². The SMILES string of the molecule is C=N.C=N.Cc1ccc(-c2ccccc2)cc1.Cc1cccc(-c2cccc3sc4ccccc4c23)c1.Cc1ccccc1. The molecule has 220 valence electrons. The van der Waals surface area contributed by atoms with Crippen molar-refractivity contribution in [2.75, 3.05) is 0 Å². The molecule has 0 atom stereocenters. The van der Waals surface area contributed by atoms with Crippen LogP contribution in [0.5, 0.6) is 0 Å². The van der Waals surface area contributed by atoms with Crippen molar-refractivity contribution in [3.8, 4) is 22.3 Å². The van der Waals surface area contributed by atoms with Gasteiger partial charge < -0.3 is 10.8 Å². The summed E-state index contributed by atoms with van der Waals surface area (Å²) < 4.78 is 2.73. The topological polar surface area (TPSA) is 47.7 Å². The van der Waals surface area contributed by atoms with E-state index in [0.29, 0.717) is 0 Å². The Morgan fingerprint density at radius 2 is 0.886 bits per heavy atom. The highest BCUT2D eigenvalue weighted by atomic mass is 32.1. The Kier molecular flexibility index (Phi) is 13.5. The molecule has 0 saturated carbocycles. The lowest BCUT2D eigenvalue weighted by molar-refractivity contribution is 1.47. The molecule has 0 radical (unpaired) electrons. The van der Waals surface area contributed by atoms with E-state index in [1.807, 2.05) is 35.6 Å². The Morgan fingerprint density at radius 1 is 0.409 bits per heavy atom. The minimum absolute atomic E-state index is 1.28. The van der Waals surface area contributed by atoms with E-state index in [-0.39, 0.29) is 0 Å². The lowest BCUT2D eigenvalue weighted by atomic mass is 9.98. The van der Waals surface area contributed by atoms with Gasteiger partial charge in [-0.15, -0.1) is 11.3 Å². The van der Waals surface area contributed by atoms with E-state index in [2.05, 4.69) is 162 Å². The summed E-state index contributed by atoms with van der Waals surface area (Å²) in [6.45, 7) is 11.3. The molecule has 0 fully saturated rings. The van der Waals surface area contributed by atoms with Crippen LogP contribution in [0, 0.1) is 31.6 Å². The van der Waals surface area contributed by atoms with Crippen molar-refractivity contribution >= 4 is 44.9 Å². The number of nitrogens with one attached hydrogen (secondary N) is 2. The van der Waals surface area contributed by atoms with E-state index in [1.54, 1.807) is 0 Å². The van der Waals surface area contributed by atoms with E-state index < -0.39 is 0 Å². The van der Waals surface area contributed by atoms with Gasteiger partial charge in [-0.1, -0.05) is 156 Å². The third kappa shape index (κ3) is 9.19. The number of thiophene rings is 1. The van der Waals surface area contributed by atoms with Crippen molar-refractivity contribution in [2.24, 2.45) is 0 Å². The van der Waals surface area contributed by atoms with Crippen LogP contribution in [-0.2, 0) is 0 Å². The van der Waals surface area contributed by atoms with Gasteiger partial charge in [-0.05, 0) is 68.6 Å². The van der Waals surface area contributed by atoms with Crippen LogP contribution in [0.2, 0.25) is 0 Å². The van der Waals surface area contributed by atoms with Crippen LogP contribution in [0.25, 0.3) is 42.4 Å². The summed E-state index contributed by atoms with van der Waals surface area (Å²) in [6.07, 6.45) is 0. The van der Waals surface area contributed by atoms with Gasteiger partial charge in [0, 0.05) is 20.2 Å². The average Bonchev–Trinajstić information content (AvgIpc) is 3.47. The molecule has 0 unspecified atom stereocenters. The van der Waals surface area contributed by atoms with Crippen LogP contribution < -0.4 is 0 Å². The number of rotatable bonds is 2. The van der Waals surface area contributed by atoms with E-state index >= 15 is 0 Å². The van der Waals surface area contributed by atoms with Crippen molar-refractivity contribution in [3.05, 3.63) is 168 Å². The molecule has 0 spiro atoms. The Balaban J connectivity index is 0.000000189. The standard InChI is InChI=1S/C19H14S.C13H12.C7H8.2CH3N/c1-13-6-4-7-14(12-13)15-9-5-11-18-19(15)16-8-2-3-10-17(16)20-18;1-11-7-9-13(10-8-11)12-5-3-2-4-6-12;1-7-5-3-2-4-6-7;2*1-2/h2-12H,1H3;2-10H,1H3;2-6H,1H3;2*2H,1H2. The first kappa shape index (κ1) is 33.4. The van der Waals surface area contributed by atoms with Crippen LogP contribution in [0.4, 0.5) is 0 Å². The summed E-state index contributed by atoms with van der Waals surface area (Å²) in [5.74, 6) is 0. The van der Waals surface area contributed by atoms with Crippen LogP contribution >= 0.6 is 11.3 Å². The van der Waals surface area contributed by atoms with Crippen LogP contribution in [-0.4, -0.2) is 13.4 Å². The maximum Gasteiger partial charge on any atom is 0.0361 e. The quantitative estimate of drug-likeness (QED) is 0.188. The van der Waals surface area contributed by atoms with Crippen LogP contribution in [0.1, 0.15) is 16.7 Å². The molecule has 2 N–H and O–H groups in total. The van der Waals surface area contributed by atoms with Crippen LogP contribution in [0.3, 0.4) is 0 Å². The number of fused-ring (bicyclic) bond motifs is 3. The third-order valence-corrected chi connectivity index (χ3v) is 7.97. The summed E-state index contributed by atoms with van der Waals surface area (Å²) in [7, 11) is 0. The van der Waals surface area contributed by atoms with Crippen LogP contribution in [0.15, 0.2) is 152 Å². The number of benzene rings is 6. The van der Waals surface area contributed by atoms with E-state index in [4.69, 9.17) is 10.8 Å². The van der Waals surface area contributed by atoms with Crippen molar-refractivity contribution in [2.45, 2.75) is 20.8 Å². The monoisotopic (exact) mass is 592 g/mol. The van der Waals surface area contributed by atoms with E-state index in [0.717, 1.165) is 0 Å². The van der Waals surface area contributed by atoms with Gasteiger partial charge in [0.15, 0.2) is 0 Å². The molecule has 44 heavy (non-hydrogen) atoms. The lowest BCUT2D eigenvalue weighted by Gasteiger charge is -2.05. The molecule has 0 saturated heterocycles. The molecule has 6 aromatic carbocycles. The van der Waals surface area contributed by atoms with Crippen molar-refractivity contribution < 1.29 is 0 Å². The predicted molar refractivity (Wildman–Crippen MR) is 197 cm³/mol. The lowest BCUT2D eigenvalue weighted by Crippen LogP contribution is -1.80. The molecule has 2 nitrogen and oxygen atoms in total. The number of hydrogen-bond acceptors (Lipinski definition) is 3. The molecule has 1 aromatic heterocycles. The normalized spacial score (nSPS) is 9.61. The second-order valence-corrected chi connectivity index (χ2v) is 11.1. The molecular weight excluding hydrogens is 553 g/mol. The summed E-state index contributed by atoms with van der Waals surface area (Å²) >= 11 is 1.87. The summed E-state index contributed by atoms with van der Waals surface area (Å²) in [5.41, 5.74) is 9.14. The highest BCUT2D eigenvalue weighted by Gasteiger charge is 2.10. The molecule has 0 bridgehead atoms. The van der Waals surface area contributed by atoms with Gasteiger partial charge in [0.05, 0.1) is 0 Å².